The zero-order valence-electron chi connectivity index (χ0n) is 6.46. The van der Waals surface area contributed by atoms with Gasteiger partial charge in [-0.25, -0.2) is 0 Å². The SMILES string of the molecule is O=NC1CCc2c(Cl)cccc21. The summed E-state index contributed by atoms with van der Waals surface area (Å²) in [4.78, 5) is 10.4. The van der Waals surface area contributed by atoms with Crippen molar-refractivity contribution in [3.05, 3.63) is 39.3 Å². The summed E-state index contributed by atoms with van der Waals surface area (Å²) in [6.45, 7) is 0. The van der Waals surface area contributed by atoms with E-state index in [9.17, 15) is 4.91 Å². The zero-order valence-corrected chi connectivity index (χ0v) is 7.21. The quantitative estimate of drug-likeness (QED) is 0.613. The lowest BCUT2D eigenvalue weighted by Crippen LogP contribution is -1.86. The predicted molar refractivity (Wildman–Crippen MR) is 48.3 cm³/mol. The minimum absolute atomic E-state index is 0.168. The third-order valence-electron chi connectivity index (χ3n) is 2.31. The highest BCUT2D eigenvalue weighted by molar-refractivity contribution is 6.31. The summed E-state index contributed by atoms with van der Waals surface area (Å²) in [6, 6.07) is 5.48. The predicted octanol–water partition coefficient (Wildman–Crippen LogP) is 3.09. The molecule has 1 aliphatic carbocycles. The Morgan fingerprint density at radius 2 is 2.33 bits per heavy atom. The van der Waals surface area contributed by atoms with Gasteiger partial charge in [0.05, 0.1) is 0 Å². The Labute approximate surface area is 75.5 Å². The van der Waals surface area contributed by atoms with Crippen molar-refractivity contribution in [2.24, 2.45) is 5.18 Å². The summed E-state index contributed by atoms with van der Waals surface area (Å²) in [6.07, 6.45) is 1.69. The number of halogens is 1. The molecule has 1 aromatic rings. The summed E-state index contributed by atoms with van der Waals surface area (Å²) in [7, 11) is 0. The molecule has 0 saturated heterocycles. The van der Waals surface area contributed by atoms with E-state index in [0.29, 0.717) is 0 Å². The van der Waals surface area contributed by atoms with Crippen molar-refractivity contribution in [1.82, 2.24) is 0 Å². The van der Waals surface area contributed by atoms with E-state index in [-0.39, 0.29) is 6.04 Å². The number of hydrogen-bond donors (Lipinski definition) is 0. The van der Waals surface area contributed by atoms with Crippen LogP contribution in [0, 0.1) is 4.91 Å². The van der Waals surface area contributed by atoms with Crippen molar-refractivity contribution in [1.29, 1.82) is 0 Å². The van der Waals surface area contributed by atoms with Crippen LogP contribution in [0.3, 0.4) is 0 Å². The molecule has 0 aliphatic heterocycles. The first-order chi connectivity index (χ1) is 5.83. The van der Waals surface area contributed by atoms with Crippen LogP contribution in [-0.2, 0) is 6.42 Å². The standard InChI is InChI=1S/C9H8ClNO/c10-8-3-1-2-7-6(8)4-5-9(7)11-12/h1-3,9H,4-5H2. The van der Waals surface area contributed by atoms with Gasteiger partial charge in [-0.1, -0.05) is 28.9 Å². The molecule has 2 rings (SSSR count). The summed E-state index contributed by atoms with van der Waals surface area (Å²) >= 11 is 5.95. The Bertz CT molecular complexity index is 324. The Morgan fingerprint density at radius 3 is 3.08 bits per heavy atom. The van der Waals surface area contributed by atoms with Gasteiger partial charge in [-0.05, 0) is 30.0 Å². The van der Waals surface area contributed by atoms with Crippen LogP contribution >= 0.6 is 11.6 Å². The van der Waals surface area contributed by atoms with Crippen molar-refractivity contribution in [3.8, 4) is 0 Å². The van der Waals surface area contributed by atoms with Crippen LogP contribution < -0.4 is 0 Å². The van der Waals surface area contributed by atoms with Gasteiger partial charge < -0.3 is 0 Å². The summed E-state index contributed by atoms with van der Waals surface area (Å²) in [5.74, 6) is 0. The van der Waals surface area contributed by atoms with Crippen LogP contribution in [-0.4, -0.2) is 0 Å². The molecule has 0 aromatic heterocycles. The summed E-state index contributed by atoms with van der Waals surface area (Å²) in [5.41, 5.74) is 2.11. The fourth-order valence-corrected chi connectivity index (χ4v) is 1.97. The Hall–Kier alpha value is -0.890. The number of fused-ring (bicyclic) bond motifs is 1. The van der Waals surface area contributed by atoms with E-state index in [0.717, 1.165) is 29.0 Å². The number of nitroso groups, excluding NO2 is 1. The second-order valence-corrected chi connectivity index (χ2v) is 3.37. The Morgan fingerprint density at radius 1 is 1.50 bits per heavy atom. The Balaban J connectivity index is 2.52. The van der Waals surface area contributed by atoms with Gasteiger partial charge in [0.25, 0.3) is 0 Å². The maximum atomic E-state index is 10.4. The molecular weight excluding hydrogens is 174 g/mol. The lowest BCUT2D eigenvalue weighted by Gasteiger charge is -2.01. The first kappa shape index (κ1) is 7.74. The van der Waals surface area contributed by atoms with Crippen molar-refractivity contribution < 1.29 is 0 Å². The molecule has 2 nitrogen and oxygen atoms in total. The van der Waals surface area contributed by atoms with Crippen LogP contribution in [0.5, 0.6) is 0 Å². The van der Waals surface area contributed by atoms with Gasteiger partial charge in [0.1, 0.15) is 6.04 Å². The molecule has 1 aromatic carbocycles. The molecule has 12 heavy (non-hydrogen) atoms. The molecule has 0 fully saturated rings. The third kappa shape index (κ3) is 1.03. The van der Waals surface area contributed by atoms with Gasteiger partial charge in [-0.3, -0.25) is 0 Å². The van der Waals surface area contributed by atoms with Crippen molar-refractivity contribution in [3.63, 3.8) is 0 Å². The highest BCUT2D eigenvalue weighted by atomic mass is 35.5. The second kappa shape index (κ2) is 2.87. The highest BCUT2D eigenvalue weighted by Gasteiger charge is 2.24. The van der Waals surface area contributed by atoms with Crippen LogP contribution in [0.2, 0.25) is 5.02 Å². The van der Waals surface area contributed by atoms with Crippen molar-refractivity contribution in [2.45, 2.75) is 18.9 Å². The summed E-state index contributed by atoms with van der Waals surface area (Å²) in [5, 5.41) is 3.82. The normalized spacial score (nSPS) is 20.6. The smallest absolute Gasteiger partial charge is 0.117 e. The molecule has 1 aliphatic rings. The van der Waals surface area contributed by atoms with Crippen LogP contribution in [0.15, 0.2) is 23.4 Å². The van der Waals surface area contributed by atoms with Gasteiger partial charge in [0.15, 0.2) is 0 Å². The van der Waals surface area contributed by atoms with E-state index in [4.69, 9.17) is 11.6 Å². The zero-order chi connectivity index (χ0) is 8.55. The van der Waals surface area contributed by atoms with Gasteiger partial charge in [-0.15, -0.1) is 0 Å². The summed E-state index contributed by atoms with van der Waals surface area (Å²) < 4.78 is 0. The fraction of sp³-hybridized carbons (Fsp3) is 0.333. The number of nitrogens with zero attached hydrogens (tertiary/aromatic N) is 1. The molecule has 62 valence electrons. The lowest BCUT2D eigenvalue weighted by atomic mass is 10.1. The van der Waals surface area contributed by atoms with E-state index in [1.807, 2.05) is 18.2 Å². The van der Waals surface area contributed by atoms with E-state index in [2.05, 4.69) is 5.18 Å². The Kier molecular flexibility index (Phi) is 1.85. The van der Waals surface area contributed by atoms with E-state index in [1.165, 1.54) is 0 Å². The maximum Gasteiger partial charge on any atom is 0.117 e. The van der Waals surface area contributed by atoms with Crippen LogP contribution in [0.25, 0.3) is 0 Å². The molecular formula is C9H8ClNO. The fourth-order valence-electron chi connectivity index (χ4n) is 1.70. The molecule has 0 saturated carbocycles. The van der Waals surface area contributed by atoms with Crippen LogP contribution in [0.1, 0.15) is 23.6 Å². The monoisotopic (exact) mass is 181 g/mol. The molecule has 0 amide bonds. The first-order valence-electron chi connectivity index (χ1n) is 3.92. The first-order valence-corrected chi connectivity index (χ1v) is 4.30. The lowest BCUT2D eigenvalue weighted by molar-refractivity contribution is 0.710. The molecule has 0 heterocycles. The number of rotatable bonds is 1. The molecule has 0 bridgehead atoms. The average Bonchev–Trinajstić information content (AvgIpc) is 2.49. The number of hydrogen-bond acceptors (Lipinski definition) is 2. The van der Waals surface area contributed by atoms with Gasteiger partial charge >= 0.3 is 0 Å². The molecule has 0 N–H and O–H groups in total. The van der Waals surface area contributed by atoms with Gasteiger partial charge in [0.2, 0.25) is 0 Å². The van der Waals surface area contributed by atoms with E-state index in [1.54, 1.807) is 0 Å². The van der Waals surface area contributed by atoms with Gasteiger partial charge in [-0.2, -0.15) is 4.91 Å². The highest BCUT2D eigenvalue weighted by Crippen LogP contribution is 2.37. The van der Waals surface area contributed by atoms with E-state index >= 15 is 0 Å². The molecule has 0 spiro atoms. The van der Waals surface area contributed by atoms with Crippen LogP contribution in [0.4, 0.5) is 0 Å². The van der Waals surface area contributed by atoms with Gasteiger partial charge in [0, 0.05) is 5.02 Å². The molecule has 1 unspecified atom stereocenters. The topological polar surface area (TPSA) is 29.4 Å². The molecule has 0 radical (unpaired) electrons. The molecule has 1 atom stereocenters. The largest absolute Gasteiger partial charge is 0.150 e. The third-order valence-corrected chi connectivity index (χ3v) is 2.66. The molecule has 3 heteroatoms. The minimum atomic E-state index is -0.168. The minimum Gasteiger partial charge on any atom is -0.150 e. The average molecular weight is 182 g/mol. The maximum absolute atomic E-state index is 10.4. The van der Waals surface area contributed by atoms with Crippen molar-refractivity contribution >= 4 is 11.6 Å². The number of benzene rings is 1. The van der Waals surface area contributed by atoms with E-state index < -0.39 is 0 Å². The second-order valence-electron chi connectivity index (χ2n) is 2.97. The van der Waals surface area contributed by atoms with Crippen molar-refractivity contribution in [2.75, 3.05) is 0 Å².